The Bertz CT molecular complexity index is 1420. The van der Waals surface area contributed by atoms with Crippen LogP contribution in [0.2, 0.25) is 10.0 Å². The molecule has 2 aromatic carbocycles. The van der Waals surface area contributed by atoms with Crippen molar-refractivity contribution in [2.45, 2.75) is 50.7 Å². The molecule has 1 amide bonds. The van der Waals surface area contributed by atoms with E-state index in [-0.39, 0.29) is 18.3 Å². The van der Waals surface area contributed by atoms with Gasteiger partial charge in [0, 0.05) is 22.7 Å². The summed E-state index contributed by atoms with van der Waals surface area (Å²) in [5, 5.41) is 1.17. The predicted octanol–water partition coefficient (Wildman–Crippen LogP) is 6.11. The lowest BCUT2D eigenvalue weighted by atomic mass is 9.93. The third kappa shape index (κ3) is 8.48. The third-order valence-electron chi connectivity index (χ3n) is 7.03. The molecule has 1 saturated carbocycles. The SMILES string of the molecule is CS(=O)(=O)N(OC(=O)C(F)(F)F)C(=O)c1cc(C2CC2)c(OCCC2CCN(Cc3cc(Cl)cc(Cl)c3)CC2)cc1F. The fourth-order valence-corrected chi connectivity index (χ4v) is 5.96. The van der Waals surface area contributed by atoms with Gasteiger partial charge in [-0.3, -0.25) is 9.69 Å². The van der Waals surface area contributed by atoms with E-state index in [0.29, 0.717) is 47.0 Å². The van der Waals surface area contributed by atoms with Crippen molar-refractivity contribution in [1.29, 1.82) is 0 Å². The molecule has 2 fully saturated rings. The van der Waals surface area contributed by atoms with Crippen molar-refractivity contribution in [1.82, 2.24) is 9.37 Å². The summed E-state index contributed by atoms with van der Waals surface area (Å²) < 4.78 is 82.0. The Morgan fingerprint density at radius 2 is 1.64 bits per heavy atom. The molecule has 0 atom stereocenters. The maximum absolute atomic E-state index is 15.0. The number of nitrogens with zero attached hydrogens (tertiary/aromatic N) is 2. The topological polar surface area (TPSA) is 93.2 Å². The second-order valence-electron chi connectivity index (χ2n) is 10.5. The fourth-order valence-electron chi connectivity index (χ4n) is 4.79. The number of likely N-dealkylation sites (tertiary alicyclic amines) is 1. The number of halogens is 6. The van der Waals surface area contributed by atoms with Crippen molar-refractivity contribution in [2.75, 3.05) is 26.0 Å². The lowest BCUT2D eigenvalue weighted by Crippen LogP contribution is -2.42. The molecule has 230 valence electrons. The maximum Gasteiger partial charge on any atom is 0.493 e. The molecule has 4 rings (SSSR count). The highest BCUT2D eigenvalue weighted by Crippen LogP contribution is 2.45. The van der Waals surface area contributed by atoms with Gasteiger partial charge in [0.25, 0.3) is 10.0 Å². The van der Waals surface area contributed by atoms with Crippen molar-refractivity contribution >= 4 is 45.1 Å². The number of carbonyl (C=O) groups is 2. The Kier molecular flexibility index (Phi) is 9.96. The zero-order valence-electron chi connectivity index (χ0n) is 22.4. The van der Waals surface area contributed by atoms with Gasteiger partial charge >= 0.3 is 18.1 Å². The molecule has 1 aliphatic heterocycles. The van der Waals surface area contributed by atoms with E-state index in [4.69, 9.17) is 27.9 Å². The van der Waals surface area contributed by atoms with Gasteiger partial charge in [-0.1, -0.05) is 27.7 Å². The molecule has 0 spiro atoms. The Hall–Kier alpha value is -2.61. The smallest absolute Gasteiger partial charge is 0.493 e. The van der Waals surface area contributed by atoms with Crippen LogP contribution in [0.3, 0.4) is 0 Å². The van der Waals surface area contributed by atoms with E-state index in [2.05, 4.69) is 9.74 Å². The monoisotopic (exact) mass is 654 g/mol. The average Bonchev–Trinajstić information content (AvgIpc) is 3.71. The number of carbonyl (C=O) groups excluding carboxylic acids is 2. The number of ether oxygens (including phenoxy) is 1. The molecular formula is C27H28Cl2F4N2O6S. The number of sulfonamides is 1. The van der Waals surface area contributed by atoms with Crippen molar-refractivity contribution < 1.29 is 45.1 Å². The van der Waals surface area contributed by atoms with Crippen molar-refractivity contribution in [3.63, 3.8) is 0 Å². The number of rotatable bonds is 9. The van der Waals surface area contributed by atoms with Crippen molar-refractivity contribution in [2.24, 2.45) is 5.92 Å². The van der Waals surface area contributed by atoms with Crippen LogP contribution in [0.25, 0.3) is 0 Å². The van der Waals surface area contributed by atoms with Gasteiger partial charge < -0.3 is 9.57 Å². The van der Waals surface area contributed by atoms with Crippen LogP contribution in [-0.2, 0) is 26.2 Å². The van der Waals surface area contributed by atoms with E-state index in [1.54, 1.807) is 6.07 Å². The molecular weight excluding hydrogens is 627 g/mol. The number of piperidine rings is 1. The molecule has 0 radical (unpaired) electrons. The normalized spacial score (nSPS) is 16.7. The molecule has 15 heteroatoms. The van der Waals surface area contributed by atoms with E-state index in [9.17, 15) is 31.2 Å². The van der Waals surface area contributed by atoms with Crippen LogP contribution in [0.5, 0.6) is 5.75 Å². The largest absolute Gasteiger partial charge is 0.493 e. The quantitative estimate of drug-likeness (QED) is 0.238. The van der Waals surface area contributed by atoms with Crippen molar-refractivity contribution in [3.05, 3.63) is 62.9 Å². The molecule has 1 heterocycles. The minimum absolute atomic E-state index is 0.0974. The van der Waals surface area contributed by atoms with E-state index in [1.807, 2.05) is 12.1 Å². The standard InChI is InChI=1S/C27H28Cl2F4N2O6S/c1-42(38,39)35(41-26(37)27(31,32)33)25(36)22-13-21(18-2-3-18)24(14-23(22)30)40-9-6-16-4-7-34(8-5-16)15-17-10-19(28)12-20(29)11-17/h10-14,16,18H,2-9,15H2,1H3. The molecule has 0 unspecified atom stereocenters. The Labute approximate surface area is 250 Å². The number of hydrogen-bond donors (Lipinski definition) is 0. The van der Waals surface area contributed by atoms with Gasteiger partial charge in [-0.05, 0) is 92.4 Å². The molecule has 42 heavy (non-hydrogen) atoms. The molecule has 1 aliphatic carbocycles. The average molecular weight is 655 g/mol. The second kappa shape index (κ2) is 12.9. The van der Waals surface area contributed by atoms with Gasteiger partial charge in [0.1, 0.15) is 11.6 Å². The molecule has 2 aliphatic rings. The molecule has 2 aromatic rings. The molecule has 0 aromatic heterocycles. The summed E-state index contributed by atoms with van der Waals surface area (Å²) in [7, 11) is -4.84. The zero-order chi connectivity index (χ0) is 30.8. The van der Waals surface area contributed by atoms with Crippen LogP contribution < -0.4 is 4.74 Å². The first-order chi connectivity index (χ1) is 19.6. The third-order valence-corrected chi connectivity index (χ3v) is 8.31. The first kappa shape index (κ1) is 32.3. The second-order valence-corrected chi connectivity index (χ2v) is 13.1. The fraction of sp³-hybridized carbons (Fsp3) is 0.481. The number of hydroxylamine groups is 1. The number of benzene rings is 2. The molecule has 8 nitrogen and oxygen atoms in total. The van der Waals surface area contributed by atoms with Gasteiger partial charge in [0.2, 0.25) is 0 Å². The summed E-state index contributed by atoms with van der Waals surface area (Å²) in [6.07, 6.45) is -1.29. The maximum atomic E-state index is 15.0. The van der Waals surface area contributed by atoms with E-state index in [1.165, 1.54) is 0 Å². The molecule has 0 bridgehead atoms. The summed E-state index contributed by atoms with van der Waals surface area (Å²) in [4.78, 5) is 30.1. The summed E-state index contributed by atoms with van der Waals surface area (Å²) in [5.74, 6) is -5.51. The van der Waals surface area contributed by atoms with Crippen LogP contribution in [0, 0.1) is 11.7 Å². The highest BCUT2D eigenvalue weighted by Gasteiger charge is 2.45. The summed E-state index contributed by atoms with van der Waals surface area (Å²) in [6, 6.07) is 7.41. The van der Waals surface area contributed by atoms with Crippen LogP contribution in [0.4, 0.5) is 17.6 Å². The first-order valence-corrected chi connectivity index (χ1v) is 15.7. The van der Waals surface area contributed by atoms with Crippen LogP contribution in [-0.4, -0.2) is 61.8 Å². The van der Waals surface area contributed by atoms with Crippen LogP contribution in [0.15, 0.2) is 30.3 Å². The van der Waals surface area contributed by atoms with Crippen LogP contribution >= 0.6 is 23.2 Å². The van der Waals surface area contributed by atoms with Gasteiger partial charge in [0.05, 0.1) is 18.4 Å². The summed E-state index contributed by atoms with van der Waals surface area (Å²) in [6.45, 7) is 2.72. The minimum Gasteiger partial charge on any atom is -0.493 e. The highest BCUT2D eigenvalue weighted by molar-refractivity contribution is 7.88. The van der Waals surface area contributed by atoms with Gasteiger partial charge in [0.15, 0.2) is 0 Å². The van der Waals surface area contributed by atoms with E-state index in [0.717, 1.165) is 50.2 Å². The molecule has 0 N–H and O–H groups in total. The lowest BCUT2D eigenvalue weighted by Gasteiger charge is -2.32. The number of hydrogen-bond acceptors (Lipinski definition) is 7. The summed E-state index contributed by atoms with van der Waals surface area (Å²) in [5.41, 5.74) is 0.590. The zero-order valence-corrected chi connectivity index (χ0v) is 24.8. The van der Waals surface area contributed by atoms with Crippen molar-refractivity contribution in [3.8, 4) is 5.75 Å². The number of alkyl halides is 3. The lowest BCUT2D eigenvalue weighted by molar-refractivity contribution is -0.216. The Morgan fingerprint density at radius 3 is 2.19 bits per heavy atom. The van der Waals surface area contributed by atoms with Gasteiger partial charge in [-0.15, -0.1) is 0 Å². The summed E-state index contributed by atoms with van der Waals surface area (Å²) >= 11 is 12.2. The Morgan fingerprint density at radius 1 is 1.02 bits per heavy atom. The molecule has 1 saturated heterocycles. The van der Waals surface area contributed by atoms with Gasteiger partial charge in [-0.25, -0.2) is 17.6 Å². The first-order valence-electron chi connectivity index (χ1n) is 13.1. The van der Waals surface area contributed by atoms with Gasteiger partial charge in [-0.2, -0.15) is 13.2 Å². The Balaban J connectivity index is 1.38. The van der Waals surface area contributed by atoms with Crippen LogP contribution in [0.1, 0.15) is 59.5 Å². The van der Waals surface area contributed by atoms with E-state index >= 15 is 4.39 Å². The minimum atomic E-state index is -5.58. The number of amides is 1. The predicted molar refractivity (Wildman–Crippen MR) is 146 cm³/mol. The van der Waals surface area contributed by atoms with E-state index < -0.39 is 43.9 Å². The highest BCUT2D eigenvalue weighted by atomic mass is 35.5.